The number of hydrogen-bond donors (Lipinski definition) is 2. The summed E-state index contributed by atoms with van der Waals surface area (Å²) >= 11 is 0. The highest BCUT2D eigenvalue weighted by Gasteiger charge is 2.21. The summed E-state index contributed by atoms with van der Waals surface area (Å²) in [4.78, 5) is 12.7. The molecule has 0 aromatic heterocycles. The summed E-state index contributed by atoms with van der Waals surface area (Å²) in [5.74, 6) is 0.402. The zero-order valence-corrected chi connectivity index (χ0v) is 17.4. The fourth-order valence-corrected chi connectivity index (χ4v) is 4.33. The van der Waals surface area contributed by atoms with E-state index >= 15 is 0 Å². The van der Waals surface area contributed by atoms with Gasteiger partial charge in [0.2, 0.25) is 10.0 Å². The van der Waals surface area contributed by atoms with E-state index in [1.165, 1.54) is 24.3 Å². The minimum Gasteiger partial charge on any atom is -0.496 e. The first-order valence-electron chi connectivity index (χ1n) is 9.56. The van der Waals surface area contributed by atoms with Gasteiger partial charge in [0.25, 0.3) is 5.91 Å². The van der Waals surface area contributed by atoms with Crippen LogP contribution in [0.4, 0.5) is 0 Å². The molecule has 1 saturated heterocycles. The predicted molar refractivity (Wildman–Crippen MR) is 109 cm³/mol. The van der Waals surface area contributed by atoms with Crippen LogP contribution in [0.3, 0.4) is 0 Å². The Labute approximate surface area is 171 Å². The number of carbonyl (C=O) groups is 1. The van der Waals surface area contributed by atoms with Crippen molar-refractivity contribution in [1.82, 2.24) is 10.0 Å². The second-order valence-electron chi connectivity index (χ2n) is 6.95. The van der Waals surface area contributed by atoms with Crippen LogP contribution in [0.5, 0.6) is 5.75 Å². The number of sulfonamides is 1. The molecule has 2 aromatic carbocycles. The lowest BCUT2D eigenvalue weighted by atomic mass is 10.1. The van der Waals surface area contributed by atoms with Crippen molar-refractivity contribution in [3.8, 4) is 5.75 Å². The molecule has 0 radical (unpaired) electrons. The number of amides is 1. The summed E-state index contributed by atoms with van der Waals surface area (Å²) in [6.07, 6.45) is 1.72. The van der Waals surface area contributed by atoms with Crippen molar-refractivity contribution in [2.75, 3.05) is 20.3 Å². The molecule has 0 saturated carbocycles. The van der Waals surface area contributed by atoms with Crippen molar-refractivity contribution in [2.24, 2.45) is 0 Å². The highest BCUT2D eigenvalue weighted by atomic mass is 32.2. The van der Waals surface area contributed by atoms with E-state index in [0.717, 1.165) is 18.4 Å². The SMILES string of the molecule is COc1ccccc1[C@H](C)NC(=O)c1ccc(S(=O)(=O)NC[C@@H]2CCCO2)cc1. The first-order chi connectivity index (χ1) is 13.9. The van der Waals surface area contributed by atoms with E-state index < -0.39 is 10.0 Å². The van der Waals surface area contributed by atoms with Gasteiger partial charge in [0.05, 0.1) is 24.2 Å². The van der Waals surface area contributed by atoms with Gasteiger partial charge in [-0.2, -0.15) is 0 Å². The molecule has 2 aromatic rings. The Morgan fingerprint density at radius 1 is 1.21 bits per heavy atom. The smallest absolute Gasteiger partial charge is 0.251 e. The number of benzene rings is 2. The van der Waals surface area contributed by atoms with Crippen molar-refractivity contribution < 1.29 is 22.7 Å². The molecule has 2 N–H and O–H groups in total. The first kappa shape index (κ1) is 21.3. The Morgan fingerprint density at radius 3 is 2.59 bits per heavy atom. The Bertz CT molecular complexity index is 938. The third-order valence-electron chi connectivity index (χ3n) is 4.90. The molecule has 156 valence electrons. The quantitative estimate of drug-likeness (QED) is 0.687. The number of ether oxygens (including phenoxy) is 2. The molecule has 0 aliphatic carbocycles. The molecule has 1 fully saturated rings. The van der Waals surface area contributed by atoms with Gasteiger partial charge in [0.1, 0.15) is 5.75 Å². The maximum Gasteiger partial charge on any atom is 0.251 e. The zero-order chi connectivity index (χ0) is 20.9. The number of carbonyl (C=O) groups excluding carboxylic acids is 1. The maximum atomic E-state index is 12.6. The highest BCUT2D eigenvalue weighted by Crippen LogP contribution is 2.24. The van der Waals surface area contributed by atoms with Crippen molar-refractivity contribution in [3.63, 3.8) is 0 Å². The van der Waals surface area contributed by atoms with Crippen LogP contribution in [-0.2, 0) is 14.8 Å². The van der Waals surface area contributed by atoms with Gasteiger partial charge >= 0.3 is 0 Å². The summed E-state index contributed by atoms with van der Waals surface area (Å²) in [7, 11) is -2.06. The molecule has 1 aliphatic rings. The standard InChI is InChI=1S/C21H26N2O5S/c1-15(19-7-3-4-8-20(19)27-2)23-21(24)16-9-11-18(12-10-16)29(25,26)22-14-17-6-5-13-28-17/h3-4,7-12,15,17,22H,5-6,13-14H2,1-2H3,(H,23,24)/t15-,17-/m0/s1. The molecule has 8 heteroatoms. The molecular weight excluding hydrogens is 392 g/mol. The summed E-state index contributed by atoms with van der Waals surface area (Å²) in [5, 5.41) is 2.91. The number of methoxy groups -OCH3 is 1. The van der Waals surface area contributed by atoms with Crippen LogP contribution in [0, 0.1) is 0 Å². The lowest BCUT2D eigenvalue weighted by Crippen LogP contribution is -2.32. The molecule has 1 aliphatic heterocycles. The van der Waals surface area contributed by atoms with Gasteiger partial charge in [-0.3, -0.25) is 4.79 Å². The lowest BCUT2D eigenvalue weighted by Gasteiger charge is -2.17. The Hall–Kier alpha value is -2.42. The topological polar surface area (TPSA) is 93.7 Å². The molecule has 7 nitrogen and oxygen atoms in total. The zero-order valence-electron chi connectivity index (χ0n) is 16.6. The summed E-state index contributed by atoms with van der Waals surface area (Å²) < 4.78 is 38.2. The summed E-state index contributed by atoms with van der Waals surface area (Å²) in [5.41, 5.74) is 1.24. The van der Waals surface area contributed by atoms with Crippen LogP contribution in [0.1, 0.15) is 41.7 Å². The molecule has 2 atom stereocenters. The van der Waals surface area contributed by atoms with Gasteiger partial charge in [-0.15, -0.1) is 0 Å². The second kappa shape index (κ2) is 9.39. The normalized spacial score (nSPS) is 17.7. The van der Waals surface area contributed by atoms with E-state index in [0.29, 0.717) is 17.9 Å². The number of para-hydroxylation sites is 1. The molecule has 29 heavy (non-hydrogen) atoms. The average Bonchev–Trinajstić information content (AvgIpc) is 3.26. The van der Waals surface area contributed by atoms with Crippen molar-refractivity contribution in [2.45, 2.75) is 36.8 Å². The van der Waals surface area contributed by atoms with Crippen LogP contribution >= 0.6 is 0 Å². The minimum atomic E-state index is -3.64. The van der Waals surface area contributed by atoms with E-state index in [1.807, 2.05) is 31.2 Å². The Morgan fingerprint density at radius 2 is 1.93 bits per heavy atom. The van der Waals surface area contributed by atoms with E-state index in [9.17, 15) is 13.2 Å². The Balaban J connectivity index is 1.63. The molecule has 0 spiro atoms. The van der Waals surface area contributed by atoms with Crippen molar-refractivity contribution in [1.29, 1.82) is 0 Å². The minimum absolute atomic E-state index is 0.0775. The molecular formula is C21H26N2O5S. The number of hydrogen-bond acceptors (Lipinski definition) is 5. The number of rotatable bonds is 8. The molecule has 1 amide bonds. The van der Waals surface area contributed by atoms with Gasteiger partial charge in [-0.1, -0.05) is 18.2 Å². The van der Waals surface area contributed by atoms with Crippen LogP contribution in [0.15, 0.2) is 53.4 Å². The third kappa shape index (κ3) is 5.35. The third-order valence-corrected chi connectivity index (χ3v) is 6.34. The van der Waals surface area contributed by atoms with E-state index in [4.69, 9.17) is 9.47 Å². The summed E-state index contributed by atoms with van der Waals surface area (Å²) in [6.45, 7) is 2.79. The van der Waals surface area contributed by atoms with E-state index in [1.54, 1.807) is 7.11 Å². The monoisotopic (exact) mass is 418 g/mol. The van der Waals surface area contributed by atoms with Gasteiger partial charge in [-0.25, -0.2) is 13.1 Å². The lowest BCUT2D eigenvalue weighted by molar-refractivity contribution is 0.0939. The van der Waals surface area contributed by atoms with Gasteiger partial charge in [0, 0.05) is 24.3 Å². The first-order valence-corrected chi connectivity index (χ1v) is 11.0. The molecule has 1 heterocycles. The Kier molecular flexibility index (Phi) is 6.89. The van der Waals surface area contributed by atoms with Gasteiger partial charge < -0.3 is 14.8 Å². The number of nitrogens with one attached hydrogen (secondary N) is 2. The highest BCUT2D eigenvalue weighted by molar-refractivity contribution is 7.89. The summed E-state index contributed by atoms with van der Waals surface area (Å²) in [6, 6.07) is 13.1. The second-order valence-corrected chi connectivity index (χ2v) is 8.72. The molecule has 3 rings (SSSR count). The van der Waals surface area contributed by atoms with Crippen molar-refractivity contribution >= 4 is 15.9 Å². The molecule has 0 bridgehead atoms. The van der Waals surface area contributed by atoms with Crippen LogP contribution < -0.4 is 14.8 Å². The fourth-order valence-electron chi connectivity index (χ4n) is 3.26. The predicted octanol–water partition coefficient (Wildman–Crippen LogP) is 2.64. The van der Waals surface area contributed by atoms with E-state index in [2.05, 4.69) is 10.0 Å². The largest absolute Gasteiger partial charge is 0.496 e. The van der Waals surface area contributed by atoms with Gasteiger partial charge in [-0.05, 0) is 50.1 Å². The van der Waals surface area contributed by atoms with Crippen molar-refractivity contribution in [3.05, 3.63) is 59.7 Å². The van der Waals surface area contributed by atoms with Crippen LogP contribution in [-0.4, -0.2) is 40.7 Å². The van der Waals surface area contributed by atoms with E-state index in [-0.39, 0.29) is 29.5 Å². The maximum absolute atomic E-state index is 12.6. The van der Waals surface area contributed by atoms with Gasteiger partial charge in [0.15, 0.2) is 0 Å². The average molecular weight is 419 g/mol. The fraction of sp³-hybridized carbons (Fsp3) is 0.381. The van der Waals surface area contributed by atoms with Crippen LogP contribution in [0.2, 0.25) is 0 Å². The van der Waals surface area contributed by atoms with Crippen LogP contribution in [0.25, 0.3) is 0 Å². The molecule has 0 unspecified atom stereocenters.